The second-order valence-corrected chi connectivity index (χ2v) is 16.1. The second-order valence-electron chi connectivity index (χ2n) is 15.7. The maximum Gasteiger partial charge on any atom is 0.249 e. The molecule has 0 aromatic carbocycles. The Morgan fingerprint density at radius 2 is 1.24 bits per heavy atom. The number of hydrogen-bond donors (Lipinski definition) is 1. The summed E-state index contributed by atoms with van der Waals surface area (Å²) >= 11 is 5.97. The van der Waals surface area contributed by atoms with E-state index in [0.29, 0.717) is 23.9 Å². The van der Waals surface area contributed by atoms with Gasteiger partial charge < -0.3 is 24.6 Å². The van der Waals surface area contributed by atoms with Gasteiger partial charge in [-0.2, -0.15) is 9.97 Å². The molecule has 4 aromatic rings. The van der Waals surface area contributed by atoms with Crippen LogP contribution in [-0.2, 0) is 9.59 Å². The summed E-state index contributed by atoms with van der Waals surface area (Å²) in [4.78, 5) is 63.2. The minimum Gasteiger partial charge on any atom is -0.348 e. The van der Waals surface area contributed by atoms with Crippen LogP contribution in [0.1, 0.15) is 127 Å². The summed E-state index contributed by atoms with van der Waals surface area (Å²) in [6, 6.07) is 0.503. The number of carbonyl (C=O) groups is 2. The first-order valence-electron chi connectivity index (χ1n) is 20.3. The molecule has 55 heavy (non-hydrogen) atoms. The van der Waals surface area contributed by atoms with E-state index in [1.165, 1.54) is 57.2 Å². The van der Waals surface area contributed by atoms with Crippen LogP contribution in [0.2, 0.25) is 5.28 Å². The van der Waals surface area contributed by atoms with Gasteiger partial charge in [0.2, 0.25) is 23.0 Å². The highest BCUT2D eigenvalue weighted by Crippen LogP contribution is 2.43. The molecule has 1 N–H and O–H groups in total. The van der Waals surface area contributed by atoms with Gasteiger partial charge in [-0.15, -0.1) is 0 Å². The lowest BCUT2D eigenvalue weighted by atomic mass is 10.0. The van der Waals surface area contributed by atoms with E-state index in [-0.39, 0.29) is 29.2 Å². The zero-order valence-electron chi connectivity index (χ0n) is 32.4. The molecule has 4 fully saturated rings. The molecular weight excluding hydrogens is 716 g/mol. The standard InChI is InChI=1S/C20H26N6O.C14H19ClN4O.C6H8N2/c1-3-15-19(27)24(2)16-12-22-20(25-11-10-21-17(25)13-8-9-13)23-18(16)26(15)14-6-4-5-7-14;1-3-10-13(20)18(2)11-8-16-14(15)17-12(11)19(10)9-6-4-5-7-9;1-2-5(1)6-7-3-4-8-6/h10-15H,3-9H2,1-2H3;8-10H,3-7H2,1-2H3;3-5H,1-2H2,(H,7,8)/t15-;10-;/m11./s1. The van der Waals surface area contributed by atoms with Crippen LogP contribution in [0, 0.1) is 0 Å². The number of anilines is 4. The maximum atomic E-state index is 13.0. The molecule has 292 valence electrons. The van der Waals surface area contributed by atoms with E-state index >= 15 is 0 Å². The zero-order chi connectivity index (χ0) is 38.2. The number of nitrogens with zero attached hydrogens (tertiary/aromatic N) is 11. The van der Waals surface area contributed by atoms with Gasteiger partial charge in [0.15, 0.2) is 11.6 Å². The summed E-state index contributed by atoms with van der Waals surface area (Å²) < 4.78 is 2.02. The van der Waals surface area contributed by atoms with E-state index in [4.69, 9.17) is 16.6 Å². The Hall–Kier alpha value is -4.59. The molecule has 0 unspecified atom stereocenters. The van der Waals surface area contributed by atoms with E-state index < -0.39 is 0 Å². The number of H-pyrrole nitrogens is 1. The van der Waals surface area contributed by atoms with E-state index in [2.05, 4.69) is 46.6 Å². The van der Waals surface area contributed by atoms with Gasteiger partial charge in [0.1, 0.15) is 35.1 Å². The molecule has 4 aromatic heterocycles. The minimum absolute atomic E-state index is 0.123. The van der Waals surface area contributed by atoms with E-state index in [0.717, 1.165) is 73.3 Å². The molecule has 0 bridgehead atoms. The number of carbonyl (C=O) groups excluding carboxylic acids is 2. The zero-order valence-corrected chi connectivity index (χ0v) is 33.2. The number of aromatic nitrogens is 8. The van der Waals surface area contributed by atoms with Crippen LogP contribution in [0.25, 0.3) is 5.95 Å². The van der Waals surface area contributed by atoms with Crippen LogP contribution >= 0.6 is 11.6 Å². The first kappa shape index (κ1) is 37.3. The predicted octanol–water partition coefficient (Wildman–Crippen LogP) is 6.96. The highest BCUT2D eigenvalue weighted by molar-refractivity contribution is 6.28. The van der Waals surface area contributed by atoms with Crippen LogP contribution in [0.4, 0.5) is 23.0 Å². The van der Waals surface area contributed by atoms with Crippen LogP contribution in [0.3, 0.4) is 0 Å². The number of rotatable bonds is 7. The van der Waals surface area contributed by atoms with Crippen LogP contribution in [0.15, 0.2) is 37.2 Å². The minimum atomic E-state index is -0.140. The summed E-state index contributed by atoms with van der Waals surface area (Å²) in [7, 11) is 3.62. The molecule has 0 radical (unpaired) electrons. The third kappa shape index (κ3) is 7.41. The van der Waals surface area contributed by atoms with Crippen molar-refractivity contribution >= 4 is 46.4 Å². The summed E-state index contributed by atoms with van der Waals surface area (Å²) in [5.74, 6) is 6.16. The maximum absolute atomic E-state index is 13.0. The molecule has 6 heterocycles. The number of likely N-dealkylation sites (N-methyl/N-ethyl adjacent to an activating group) is 2. The molecule has 4 saturated carbocycles. The van der Waals surface area contributed by atoms with Crippen molar-refractivity contribution < 1.29 is 9.59 Å². The van der Waals surface area contributed by atoms with E-state index in [1.54, 1.807) is 29.2 Å². The van der Waals surface area contributed by atoms with Gasteiger partial charge in [0, 0.05) is 62.8 Å². The molecule has 2 atom stereocenters. The highest BCUT2D eigenvalue weighted by Gasteiger charge is 2.43. The fraction of sp³-hybridized carbons (Fsp3) is 0.600. The lowest BCUT2D eigenvalue weighted by Crippen LogP contribution is -2.55. The number of nitrogens with one attached hydrogen (secondary N) is 1. The molecule has 6 aliphatic rings. The Bertz CT molecular complexity index is 1970. The van der Waals surface area contributed by atoms with Gasteiger partial charge in [-0.05, 0) is 75.8 Å². The summed E-state index contributed by atoms with van der Waals surface area (Å²) in [5, 5.41) is 0.240. The lowest BCUT2D eigenvalue weighted by Gasteiger charge is -2.43. The van der Waals surface area contributed by atoms with Crippen LogP contribution in [-0.4, -0.2) is 89.5 Å². The Kier molecular flexibility index (Phi) is 10.8. The van der Waals surface area contributed by atoms with Gasteiger partial charge in [0.25, 0.3) is 0 Å². The third-order valence-electron chi connectivity index (χ3n) is 12.1. The Labute approximate surface area is 328 Å². The molecule has 10 rings (SSSR count). The quantitative estimate of drug-likeness (QED) is 0.196. The lowest BCUT2D eigenvalue weighted by molar-refractivity contribution is -0.120. The highest BCUT2D eigenvalue weighted by atomic mass is 35.5. The Balaban J connectivity index is 0.000000133. The van der Waals surface area contributed by atoms with Crippen molar-refractivity contribution in [2.75, 3.05) is 33.7 Å². The smallest absolute Gasteiger partial charge is 0.249 e. The average Bonchev–Trinajstić information content (AvgIpc) is 3.85. The number of imidazole rings is 2. The second kappa shape index (κ2) is 15.9. The fourth-order valence-electron chi connectivity index (χ4n) is 8.84. The van der Waals surface area contributed by atoms with Crippen molar-refractivity contribution in [1.29, 1.82) is 0 Å². The predicted molar refractivity (Wildman–Crippen MR) is 213 cm³/mol. The number of amides is 2. The van der Waals surface area contributed by atoms with Crippen LogP contribution < -0.4 is 19.6 Å². The molecule has 0 saturated heterocycles. The Morgan fingerprint density at radius 1 is 0.691 bits per heavy atom. The van der Waals surface area contributed by atoms with E-state index in [9.17, 15) is 9.59 Å². The van der Waals surface area contributed by atoms with Gasteiger partial charge in [-0.25, -0.2) is 19.9 Å². The first-order chi connectivity index (χ1) is 26.8. The summed E-state index contributed by atoms with van der Waals surface area (Å²) in [5.41, 5.74) is 1.57. The number of hydrogen-bond acceptors (Lipinski definition) is 10. The molecule has 0 spiro atoms. The van der Waals surface area contributed by atoms with Gasteiger partial charge in [-0.3, -0.25) is 14.2 Å². The first-order valence-corrected chi connectivity index (χ1v) is 20.7. The number of aromatic amines is 1. The molecule has 14 nitrogen and oxygen atoms in total. The Morgan fingerprint density at radius 3 is 1.75 bits per heavy atom. The van der Waals surface area contributed by atoms with Crippen molar-refractivity contribution in [3.05, 3.63) is 54.1 Å². The van der Waals surface area contributed by atoms with Gasteiger partial charge in [-0.1, -0.05) is 39.5 Å². The van der Waals surface area contributed by atoms with Crippen molar-refractivity contribution in [1.82, 2.24) is 39.5 Å². The average molecular weight is 769 g/mol. The molecular formula is C40H53ClN12O2. The molecule has 4 aliphatic carbocycles. The summed E-state index contributed by atoms with van der Waals surface area (Å²) in [6.07, 6.45) is 26.9. The normalized spacial score (nSPS) is 22.6. The fourth-order valence-corrected chi connectivity index (χ4v) is 8.97. The molecule has 2 amide bonds. The number of fused-ring (bicyclic) bond motifs is 2. The summed E-state index contributed by atoms with van der Waals surface area (Å²) in [6.45, 7) is 4.14. The molecule has 15 heteroatoms. The monoisotopic (exact) mass is 768 g/mol. The topological polar surface area (TPSA) is 145 Å². The van der Waals surface area contributed by atoms with E-state index in [1.807, 2.05) is 43.3 Å². The van der Waals surface area contributed by atoms with Gasteiger partial charge in [0.05, 0.1) is 12.4 Å². The van der Waals surface area contributed by atoms with Crippen molar-refractivity contribution in [2.45, 2.75) is 140 Å². The van der Waals surface area contributed by atoms with Crippen molar-refractivity contribution in [3.8, 4) is 5.95 Å². The van der Waals surface area contributed by atoms with Gasteiger partial charge >= 0.3 is 0 Å². The van der Waals surface area contributed by atoms with Crippen molar-refractivity contribution in [2.24, 2.45) is 0 Å². The SMILES string of the molecule is CC[C@@H]1C(=O)N(C)c2cnc(-n3ccnc3C3CC3)nc2N1C1CCCC1.CC[C@@H]1C(=O)N(C)c2cnc(Cl)nc2N1C1CCCC1.c1c[nH]c(C2CC2)n1. The van der Waals surface area contributed by atoms with Crippen LogP contribution in [0.5, 0.6) is 0 Å². The number of halogens is 1. The molecule has 2 aliphatic heterocycles. The third-order valence-corrected chi connectivity index (χ3v) is 12.3. The largest absolute Gasteiger partial charge is 0.348 e. The van der Waals surface area contributed by atoms with Crippen molar-refractivity contribution in [3.63, 3.8) is 0 Å².